The van der Waals surface area contributed by atoms with Crippen LogP contribution in [0.3, 0.4) is 0 Å². The van der Waals surface area contributed by atoms with E-state index in [9.17, 15) is 4.79 Å². The van der Waals surface area contributed by atoms with Crippen molar-refractivity contribution in [1.29, 1.82) is 0 Å². The second kappa shape index (κ2) is 5.39. The normalized spacial score (nSPS) is 10.6. The van der Waals surface area contributed by atoms with E-state index in [0.717, 1.165) is 10.4 Å². The van der Waals surface area contributed by atoms with Gasteiger partial charge in [-0.05, 0) is 29.8 Å². The zero-order chi connectivity index (χ0) is 10.8. The topological polar surface area (TPSA) is 45.9 Å². The first-order chi connectivity index (χ1) is 7.25. The molecule has 0 fully saturated rings. The van der Waals surface area contributed by atoms with Crippen molar-refractivity contribution >= 4 is 28.8 Å². The third kappa shape index (κ3) is 2.10. The van der Waals surface area contributed by atoms with Crippen molar-refractivity contribution in [3.05, 3.63) is 28.4 Å². The van der Waals surface area contributed by atoms with E-state index in [1.165, 1.54) is 22.6 Å². The summed E-state index contributed by atoms with van der Waals surface area (Å²) in [4.78, 5) is 11.2. The molecule has 0 saturated heterocycles. The van der Waals surface area contributed by atoms with Gasteiger partial charge in [0.15, 0.2) is 0 Å². The molecule has 16 heavy (non-hydrogen) atoms. The predicted octanol–water partition coefficient (Wildman–Crippen LogP) is 1.50. The van der Waals surface area contributed by atoms with E-state index in [4.69, 9.17) is 0 Å². The Morgan fingerprint density at radius 2 is 2.31 bits per heavy atom. The van der Waals surface area contributed by atoms with Crippen LogP contribution in [0.25, 0.3) is 4.83 Å². The molecule has 2 rings (SSSR count). The maximum Gasteiger partial charge on any atom is 0.227 e. The van der Waals surface area contributed by atoms with Crippen LogP contribution in [0.1, 0.15) is 16.8 Å². The van der Waals surface area contributed by atoms with Crippen LogP contribution in [0.5, 0.6) is 0 Å². The van der Waals surface area contributed by atoms with Gasteiger partial charge in [-0.3, -0.25) is 4.79 Å². The summed E-state index contributed by atoms with van der Waals surface area (Å²) in [6.07, 6.45) is 4.12. The fourth-order valence-electron chi connectivity index (χ4n) is 1.50. The van der Waals surface area contributed by atoms with Crippen molar-refractivity contribution in [3.8, 4) is 0 Å². The van der Waals surface area contributed by atoms with Gasteiger partial charge in [0.1, 0.15) is 0 Å². The number of amides is 1. The SMILES string of the molecule is Cc1c(/C=N\NC=O)c2s[c-]cn2c1C.[Re]. The summed E-state index contributed by atoms with van der Waals surface area (Å²) in [7, 11) is 0. The maximum atomic E-state index is 10.1. The van der Waals surface area contributed by atoms with Gasteiger partial charge in [-0.1, -0.05) is 6.20 Å². The number of hydrogen-bond donors (Lipinski definition) is 1. The molecular formula is C10H10N3OReS-. The molecule has 1 amide bonds. The number of aryl methyl sites for hydroxylation is 1. The van der Waals surface area contributed by atoms with Crippen LogP contribution in [-0.4, -0.2) is 17.0 Å². The van der Waals surface area contributed by atoms with Gasteiger partial charge < -0.3 is 15.7 Å². The Morgan fingerprint density at radius 1 is 1.56 bits per heavy atom. The Labute approximate surface area is 111 Å². The van der Waals surface area contributed by atoms with E-state index >= 15 is 0 Å². The van der Waals surface area contributed by atoms with Gasteiger partial charge in [-0.15, -0.1) is 0 Å². The molecule has 1 N–H and O–H groups in total. The van der Waals surface area contributed by atoms with Gasteiger partial charge >= 0.3 is 0 Å². The van der Waals surface area contributed by atoms with Crippen LogP contribution in [0.15, 0.2) is 11.3 Å². The number of hydrazone groups is 1. The number of rotatable bonds is 3. The average molecular weight is 406 g/mol. The molecule has 0 aliphatic heterocycles. The summed E-state index contributed by atoms with van der Waals surface area (Å²) in [5.41, 5.74) is 5.65. The Morgan fingerprint density at radius 3 is 3.00 bits per heavy atom. The van der Waals surface area contributed by atoms with Gasteiger partial charge in [-0.25, -0.2) is 5.43 Å². The standard InChI is InChI=1S/C10H10N3OS.Re/c1-7-8(2)13-3-4-15-10(13)9(7)5-11-12-6-14;/h3,5-6H,1-2H3,(H,12,14);/q-1;/b11-5-;. The van der Waals surface area contributed by atoms with E-state index in [0.29, 0.717) is 6.41 Å². The number of thiazole rings is 1. The first-order valence-corrected chi connectivity index (χ1v) is 5.26. The first kappa shape index (κ1) is 13.1. The van der Waals surface area contributed by atoms with Crippen LogP contribution in [0.2, 0.25) is 0 Å². The number of nitrogens with one attached hydrogen (secondary N) is 1. The van der Waals surface area contributed by atoms with Gasteiger partial charge in [0.2, 0.25) is 6.41 Å². The fraction of sp³-hybridized carbons (Fsp3) is 0.200. The van der Waals surface area contributed by atoms with E-state index in [-0.39, 0.29) is 20.4 Å². The van der Waals surface area contributed by atoms with Crippen LogP contribution in [0.4, 0.5) is 0 Å². The number of aromatic nitrogens is 1. The molecule has 0 aliphatic rings. The summed E-state index contributed by atoms with van der Waals surface area (Å²) < 4.78 is 2.07. The van der Waals surface area contributed by atoms with Crippen LogP contribution >= 0.6 is 11.3 Å². The predicted molar refractivity (Wildman–Crippen MR) is 60.4 cm³/mol. The third-order valence-electron chi connectivity index (χ3n) is 2.42. The van der Waals surface area contributed by atoms with E-state index < -0.39 is 0 Å². The zero-order valence-electron chi connectivity index (χ0n) is 8.82. The molecule has 2 aromatic heterocycles. The average Bonchev–Trinajstić information content (AvgIpc) is 2.77. The largest absolute Gasteiger partial charge is 0.407 e. The Hall–Kier alpha value is -0.958. The summed E-state index contributed by atoms with van der Waals surface area (Å²) >= 11 is 1.54. The molecule has 1 radical (unpaired) electrons. The molecular weight excluding hydrogens is 396 g/mol. The van der Waals surface area contributed by atoms with E-state index in [1.807, 2.05) is 20.0 Å². The number of fused-ring (bicyclic) bond motifs is 1. The van der Waals surface area contributed by atoms with Gasteiger partial charge in [0.05, 0.1) is 0 Å². The minimum Gasteiger partial charge on any atom is -0.407 e. The van der Waals surface area contributed by atoms with Crippen molar-refractivity contribution in [3.63, 3.8) is 0 Å². The van der Waals surface area contributed by atoms with Crippen LogP contribution < -0.4 is 5.43 Å². The molecule has 0 saturated carbocycles. The van der Waals surface area contributed by atoms with Crippen LogP contribution in [-0.2, 0) is 25.2 Å². The molecule has 0 spiro atoms. The third-order valence-corrected chi connectivity index (χ3v) is 3.25. The van der Waals surface area contributed by atoms with Gasteiger partial charge in [0, 0.05) is 32.3 Å². The van der Waals surface area contributed by atoms with Crippen molar-refractivity contribution in [1.82, 2.24) is 9.83 Å². The Balaban J connectivity index is 0.00000128. The molecule has 4 nitrogen and oxygen atoms in total. The minimum absolute atomic E-state index is 0. The summed E-state index contributed by atoms with van der Waals surface area (Å²) in [5.74, 6) is 0. The number of carbonyl (C=O) groups excluding carboxylic acids is 1. The van der Waals surface area contributed by atoms with Crippen molar-refractivity contribution in [2.24, 2.45) is 5.10 Å². The smallest absolute Gasteiger partial charge is 0.227 e. The molecule has 2 heterocycles. The van der Waals surface area contributed by atoms with Gasteiger partial charge in [0.25, 0.3) is 0 Å². The number of hydrogen-bond acceptors (Lipinski definition) is 3. The Bertz CT molecular complexity index is 529. The zero-order valence-corrected chi connectivity index (χ0v) is 12.4. The molecule has 6 heteroatoms. The fourth-order valence-corrected chi connectivity index (χ4v) is 2.37. The second-order valence-corrected chi connectivity index (χ2v) is 3.98. The molecule has 0 unspecified atom stereocenters. The van der Waals surface area contributed by atoms with Crippen molar-refractivity contribution in [2.45, 2.75) is 13.8 Å². The summed E-state index contributed by atoms with van der Waals surface area (Å²) in [5, 5.41) is 6.87. The summed E-state index contributed by atoms with van der Waals surface area (Å²) in [6.45, 7) is 4.09. The van der Waals surface area contributed by atoms with E-state index in [1.54, 1.807) is 6.21 Å². The number of nitrogens with zero attached hydrogens (tertiary/aromatic N) is 2. The second-order valence-electron chi connectivity index (χ2n) is 3.15. The molecule has 2 aromatic rings. The maximum absolute atomic E-state index is 10.1. The Kier molecular flexibility index (Phi) is 4.42. The van der Waals surface area contributed by atoms with Gasteiger partial charge in [-0.2, -0.15) is 10.5 Å². The van der Waals surface area contributed by atoms with Crippen molar-refractivity contribution < 1.29 is 25.2 Å². The molecule has 0 atom stereocenters. The first-order valence-electron chi connectivity index (χ1n) is 4.45. The molecule has 0 aromatic carbocycles. The van der Waals surface area contributed by atoms with Crippen LogP contribution in [0, 0.1) is 19.2 Å². The molecule has 85 valence electrons. The molecule has 0 aliphatic carbocycles. The number of carbonyl (C=O) groups is 1. The van der Waals surface area contributed by atoms with E-state index in [2.05, 4.69) is 20.3 Å². The minimum atomic E-state index is 0. The summed E-state index contributed by atoms with van der Waals surface area (Å²) in [6, 6.07) is 0. The monoisotopic (exact) mass is 407 g/mol. The molecule has 0 bridgehead atoms. The quantitative estimate of drug-likeness (QED) is 0.357. The van der Waals surface area contributed by atoms with Crippen molar-refractivity contribution in [2.75, 3.05) is 0 Å².